The summed E-state index contributed by atoms with van der Waals surface area (Å²) in [5.41, 5.74) is 5.70. The van der Waals surface area contributed by atoms with Crippen LogP contribution in [0, 0.1) is 0 Å². The summed E-state index contributed by atoms with van der Waals surface area (Å²) in [6.45, 7) is 8.05. The van der Waals surface area contributed by atoms with Crippen LogP contribution in [0.4, 0.5) is 4.79 Å². The third kappa shape index (κ3) is 2.13. The number of likely N-dealkylation sites (tertiary alicyclic amines) is 2. The smallest absolute Gasteiger partial charge is 0.410 e. The van der Waals surface area contributed by atoms with Gasteiger partial charge in [0.25, 0.3) is 0 Å². The van der Waals surface area contributed by atoms with Crippen molar-refractivity contribution in [2.75, 3.05) is 26.7 Å². The van der Waals surface area contributed by atoms with Gasteiger partial charge in [0.05, 0.1) is 5.54 Å². The van der Waals surface area contributed by atoms with Crippen LogP contribution in [-0.4, -0.2) is 59.8 Å². The summed E-state index contributed by atoms with van der Waals surface area (Å²) in [6, 6.07) is 0.172. The van der Waals surface area contributed by atoms with Gasteiger partial charge in [0.15, 0.2) is 0 Å². The third-order valence-corrected chi connectivity index (χ3v) is 3.81. The van der Waals surface area contributed by atoms with E-state index < -0.39 is 5.60 Å². The first-order chi connectivity index (χ1) is 7.74. The maximum absolute atomic E-state index is 11.8. The zero-order chi connectivity index (χ0) is 12.8. The molecule has 2 saturated heterocycles. The van der Waals surface area contributed by atoms with Crippen LogP contribution in [-0.2, 0) is 4.74 Å². The van der Waals surface area contributed by atoms with Gasteiger partial charge >= 0.3 is 6.09 Å². The predicted octanol–water partition coefficient (Wildman–Crippen LogP) is 0.639. The Balaban J connectivity index is 1.92. The molecule has 2 aliphatic heterocycles. The van der Waals surface area contributed by atoms with Gasteiger partial charge in [-0.1, -0.05) is 0 Å². The molecule has 0 aromatic carbocycles. The molecule has 0 radical (unpaired) electrons. The highest BCUT2D eigenvalue weighted by molar-refractivity contribution is 5.70. The second kappa shape index (κ2) is 3.85. The standard InChI is InChI=1S/C12H23N3O2/c1-11(2,3)17-10(16)15-7-12(8-15)9(13)5-6-14(12)4/h9H,5-8,13H2,1-4H3. The quantitative estimate of drug-likeness (QED) is 0.676. The Labute approximate surface area is 103 Å². The molecule has 0 bridgehead atoms. The number of carbonyl (C=O) groups is 1. The third-order valence-electron chi connectivity index (χ3n) is 3.81. The average molecular weight is 241 g/mol. The summed E-state index contributed by atoms with van der Waals surface area (Å²) in [7, 11) is 2.08. The molecule has 2 rings (SSSR count). The van der Waals surface area contributed by atoms with Crippen molar-refractivity contribution in [2.24, 2.45) is 5.73 Å². The lowest BCUT2D eigenvalue weighted by atomic mass is 9.84. The molecule has 1 unspecified atom stereocenters. The van der Waals surface area contributed by atoms with Gasteiger partial charge in [-0.05, 0) is 34.2 Å². The zero-order valence-electron chi connectivity index (χ0n) is 11.2. The number of ether oxygens (including phenoxy) is 1. The van der Waals surface area contributed by atoms with Crippen molar-refractivity contribution in [3.63, 3.8) is 0 Å². The molecule has 1 spiro atoms. The number of carbonyl (C=O) groups excluding carboxylic acids is 1. The number of rotatable bonds is 0. The Bertz CT molecular complexity index is 306. The van der Waals surface area contributed by atoms with Crippen molar-refractivity contribution in [3.8, 4) is 0 Å². The zero-order valence-corrected chi connectivity index (χ0v) is 11.2. The van der Waals surface area contributed by atoms with Crippen molar-refractivity contribution >= 4 is 6.09 Å². The highest BCUT2D eigenvalue weighted by Crippen LogP contribution is 2.36. The van der Waals surface area contributed by atoms with Gasteiger partial charge in [-0.3, -0.25) is 4.90 Å². The van der Waals surface area contributed by atoms with Crippen molar-refractivity contribution < 1.29 is 9.53 Å². The number of hydrogen-bond acceptors (Lipinski definition) is 4. The minimum atomic E-state index is -0.427. The Morgan fingerprint density at radius 3 is 2.41 bits per heavy atom. The van der Waals surface area contributed by atoms with E-state index in [1.54, 1.807) is 4.90 Å². The van der Waals surface area contributed by atoms with E-state index in [2.05, 4.69) is 11.9 Å². The molecule has 0 saturated carbocycles. The van der Waals surface area contributed by atoms with E-state index in [-0.39, 0.29) is 17.7 Å². The van der Waals surface area contributed by atoms with Crippen LogP contribution in [0.25, 0.3) is 0 Å². The van der Waals surface area contributed by atoms with Gasteiger partial charge in [-0.25, -0.2) is 4.79 Å². The lowest BCUT2D eigenvalue weighted by Gasteiger charge is -2.53. The molecule has 0 aromatic heterocycles. The fourth-order valence-electron chi connectivity index (χ4n) is 2.65. The topological polar surface area (TPSA) is 58.8 Å². The van der Waals surface area contributed by atoms with Crippen LogP contribution in [0.5, 0.6) is 0 Å². The molecule has 2 fully saturated rings. The molecular weight excluding hydrogens is 218 g/mol. The van der Waals surface area contributed by atoms with E-state index >= 15 is 0 Å². The highest BCUT2D eigenvalue weighted by atomic mass is 16.6. The van der Waals surface area contributed by atoms with E-state index in [0.29, 0.717) is 13.1 Å². The fourth-order valence-corrected chi connectivity index (χ4v) is 2.65. The number of likely N-dealkylation sites (N-methyl/N-ethyl adjacent to an activating group) is 1. The van der Waals surface area contributed by atoms with Crippen molar-refractivity contribution in [1.29, 1.82) is 0 Å². The SMILES string of the molecule is CN1CCC(N)C12CN(C(=O)OC(C)(C)C)C2. The summed E-state index contributed by atoms with van der Waals surface area (Å²) in [4.78, 5) is 15.9. The van der Waals surface area contributed by atoms with Crippen LogP contribution in [0.1, 0.15) is 27.2 Å². The van der Waals surface area contributed by atoms with Gasteiger partial charge in [-0.15, -0.1) is 0 Å². The van der Waals surface area contributed by atoms with Crippen LogP contribution in [0.2, 0.25) is 0 Å². The molecule has 2 aliphatic rings. The Morgan fingerprint density at radius 2 is 2.00 bits per heavy atom. The molecule has 17 heavy (non-hydrogen) atoms. The molecule has 2 N–H and O–H groups in total. The fraction of sp³-hybridized carbons (Fsp3) is 0.917. The molecule has 5 heteroatoms. The number of amides is 1. The first-order valence-electron chi connectivity index (χ1n) is 6.19. The molecule has 5 nitrogen and oxygen atoms in total. The molecule has 98 valence electrons. The van der Waals surface area contributed by atoms with E-state index in [4.69, 9.17) is 10.5 Å². The van der Waals surface area contributed by atoms with Gasteiger partial charge in [0.1, 0.15) is 5.60 Å². The van der Waals surface area contributed by atoms with E-state index in [1.165, 1.54) is 0 Å². The minimum Gasteiger partial charge on any atom is -0.444 e. The van der Waals surface area contributed by atoms with E-state index in [9.17, 15) is 4.79 Å². The second-order valence-electron chi connectivity index (χ2n) is 6.26. The Morgan fingerprint density at radius 1 is 1.41 bits per heavy atom. The van der Waals surface area contributed by atoms with Crippen molar-refractivity contribution in [3.05, 3.63) is 0 Å². The van der Waals surface area contributed by atoms with Gasteiger partial charge < -0.3 is 15.4 Å². The molecule has 0 aliphatic carbocycles. The predicted molar refractivity (Wildman–Crippen MR) is 65.8 cm³/mol. The second-order valence-corrected chi connectivity index (χ2v) is 6.26. The van der Waals surface area contributed by atoms with Gasteiger partial charge in [-0.2, -0.15) is 0 Å². The number of nitrogens with two attached hydrogens (primary N) is 1. The van der Waals surface area contributed by atoms with Crippen LogP contribution in [0.15, 0.2) is 0 Å². The summed E-state index contributed by atoms with van der Waals surface area (Å²) in [5.74, 6) is 0. The van der Waals surface area contributed by atoms with Crippen LogP contribution < -0.4 is 5.73 Å². The molecule has 2 heterocycles. The summed E-state index contributed by atoms with van der Waals surface area (Å²) in [5, 5.41) is 0. The van der Waals surface area contributed by atoms with Crippen LogP contribution >= 0.6 is 0 Å². The lowest BCUT2D eigenvalue weighted by Crippen LogP contribution is -2.74. The minimum absolute atomic E-state index is 0.00307. The lowest BCUT2D eigenvalue weighted by molar-refractivity contribution is -0.0459. The first-order valence-corrected chi connectivity index (χ1v) is 6.19. The summed E-state index contributed by atoms with van der Waals surface area (Å²) >= 11 is 0. The van der Waals surface area contributed by atoms with E-state index in [1.807, 2.05) is 20.8 Å². The molecule has 1 amide bonds. The normalized spacial score (nSPS) is 28.3. The molecular formula is C12H23N3O2. The van der Waals surface area contributed by atoms with Crippen molar-refractivity contribution in [1.82, 2.24) is 9.80 Å². The number of nitrogens with zero attached hydrogens (tertiary/aromatic N) is 2. The summed E-state index contributed by atoms with van der Waals surface area (Å²) < 4.78 is 5.34. The first kappa shape index (κ1) is 12.6. The van der Waals surface area contributed by atoms with Crippen LogP contribution in [0.3, 0.4) is 0 Å². The molecule has 0 aromatic rings. The van der Waals surface area contributed by atoms with E-state index in [0.717, 1.165) is 13.0 Å². The van der Waals surface area contributed by atoms with Crippen molar-refractivity contribution in [2.45, 2.75) is 44.4 Å². The monoisotopic (exact) mass is 241 g/mol. The summed E-state index contributed by atoms with van der Waals surface area (Å²) in [6.07, 6.45) is 0.786. The highest BCUT2D eigenvalue weighted by Gasteiger charge is 2.55. The molecule has 1 atom stereocenters. The average Bonchev–Trinajstić information content (AvgIpc) is 2.36. The maximum Gasteiger partial charge on any atom is 0.410 e. The maximum atomic E-state index is 11.8. The Hall–Kier alpha value is -0.810. The Kier molecular flexibility index (Phi) is 2.86. The largest absolute Gasteiger partial charge is 0.444 e. The van der Waals surface area contributed by atoms with Gasteiger partial charge in [0.2, 0.25) is 0 Å². The number of hydrogen-bond donors (Lipinski definition) is 1. The van der Waals surface area contributed by atoms with Gasteiger partial charge in [0, 0.05) is 25.7 Å².